The molecule has 156 valence electrons. The van der Waals surface area contributed by atoms with Crippen molar-refractivity contribution in [3.8, 4) is 22.8 Å². The fourth-order valence-corrected chi connectivity index (χ4v) is 3.24. The number of ether oxygens (including phenoxy) is 2. The van der Waals surface area contributed by atoms with Crippen LogP contribution in [0.2, 0.25) is 0 Å². The average molecular weight is 415 g/mol. The number of methoxy groups -OCH3 is 2. The molecule has 1 atom stereocenters. The van der Waals surface area contributed by atoms with Gasteiger partial charge in [-0.2, -0.15) is 0 Å². The summed E-state index contributed by atoms with van der Waals surface area (Å²) in [4.78, 5) is 22.1. The lowest BCUT2D eigenvalue weighted by atomic mass is 9.97. The molecule has 0 aliphatic rings. The number of benzene rings is 1. The van der Waals surface area contributed by atoms with E-state index in [0.717, 1.165) is 11.1 Å². The zero-order chi connectivity index (χ0) is 21.6. The summed E-state index contributed by atoms with van der Waals surface area (Å²) in [6.07, 6.45) is 6.34. The maximum atomic E-state index is 13.6. The lowest BCUT2D eigenvalue weighted by Crippen LogP contribution is -2.22. The monoisotopic (exact) mass is 415 g/mol. The zero-order valence-electron chi connectivity index (χ0n) is 17.1. The molecule has 0 saturated heterocycles. The van der Waals surface area contributed by atoms with Crippen LogP contribution < -0.4 is 14.8 Å². The maximum Gasteiger partial charge on any atom is 0.225 e. The number of aromatic nitrogens is 2. The van der Waals surface area contributed by atoms with E-state index in [1.165, 1.54) is 6.26 Å². The number of carbonyl (C=O) groups excluding carboxylic acids is 1. The highest BCUT2D eigenvalue weighted by Crippen LogP contribution is 2.31. The molecule has 3 heterocycles. The lowest BCUT2D eigenvalue weighted by Gasteiger charge is -2.19. The minimum atomic E-state index is -0.763. The first-order valence-electron chi connectivity index (χ1n) is 9.62. The molecular weight excluding hydrogens is 394 g/mol. The highest BCUT2D eigenvalue weighted by atomic mass is 16.5. The van der Waals surface area contributed by atoms with E-state index in [1.54, 1.807) is 57.1 Å². The maximum absolute atomic E-state index is 13.6. The average Bonchev–Trinajstić information content (AvgIpc) is 3.33. The fourth-order valence-electron chi connectivity index (χ4n) is 3.24. The van der Waals surface area contributed by atoms with Crippen molar-refractivity contribution in [2.45, 2.75) is 6.04 Å². The van der Waals surface area contributed by atoms with E-state index in [0.29, 0.717) is 22.9 Å². The normalized spacial score (nSPS) is 11.5. The predicted molar refractivity (Wildman–Crippen MR) is 116 cm³/mol. The first kappa shape index (κ1) is 20.2. The van der Waals surface area contributed by atoms with E-state index in [4.69, 9.17) is 13.9 Å². The molecule has 1 N–H and O–H groups in total. The van der Waals surface area contributed by atoms with Gasteiger partial charge in [-0.25, -0.2) is 4.98 Å². The molecule has 1 unspecified atom stereocenters. The van der Waals surface area contributed by atoms with Gasteiger partial charge in [-0.05, 0) is 17.7 Å². The highest BCUT2D eigenvalue weighted by molar-refractivity contribution is 6.04. The van der Waals surface area contributed by atoms with Crippen LogP contribution in [-0.2, 0) is 0 Å². The van der Waals surface area contributed by atoms with Crippen molar-refractivity contribution < 1.29 is 18.7 Å². The van der Waals surface area contributed by atoms with Gasteiger partial charge >= 0.3 is 0 Å². The smallest absolute Gasteiger partial charge is 0.225 e. The number of carbonyl (C=O) groups is 1. The number of hydrogen-bond acceptors (Lipinski definition) is 7. The molecule has 4 rings (SSSR count). The Kier molecular flexibility index (Phi) is 5.93. The third-order valence-corrected chi connectivity index (χ3v) is 4.80. The number of rotatable bonds is 8. The minimum Gasteiger partial charge on any atom is -0.495 e. The van der Waals surface area contributed by atoms with Crippen LogP contribution in [0.15, 0.2) is 83.9 Å². The number of nitrogens with one attached hydrogen (secondary N) is 1. The van der Waals surface area contributed by atoms with Crippen molar-refractivity contribution in [2.75, 3.05) is 19.5 Å². The summed E-state index contributed by atoms with van der Waals surface area (Å²) < 4.78 is 16.0. The third-order valence-electron chi connectivity index (χ3n) is 4.80. The molecule has 0 aliphatic carbocycles. The Morgan fingerprint density at radius 3 is 2.55 bits per heavy atom. The van der Waals surface area contributed by atoms with Crippen molar-refractivity contribution in [3.05, 3.63) is 90.8 Å². The number of furan rings is 1. The van der Waals surface area contributed by atoms with Gasteiger partial charge in [-0.15, -0.1) is 0 Å². The SMILES string of the molecule is COc1cncc(NC(C(=O)c2occc2-c2ccccc2)c2ccc(OC)nc2)c1. The van der Waals surface area contributed by atoms with Crippen molar-refractivity contribution in [1.82, 2.24) is 9.97 Å². The van der Waals surface area contributed by atoms with Gasteiger partial charge < -0.3 is 19.2 Å². The van der Waals surface area contributed by atoms with Crippen molar-refractivity contribution in [2.24, 2.45) is 0 Å². The van der Waals surface area contributed by atoms with E-state index in [-0.39, 0.29) is 11.5 Å². The summed E-state index contributed by atoms with van der Waals surface area (Å²) >= 11 is 0. The van der Waals surface area contributed by atoms with Crippen LogP contribution in [0, 0.1) is 0 Å². The van der Waals surface area contributed by atoms with E-state index in [2.05, 4.69) is 15.3 Å². The Morgan fingerprint density at radius 1 is 1.00 bits per heavy atom. The quantitative estimate of drug-likeness (QED) is 0.414. The zero-order valence-corrected chi connectivity index (χ0v) is 17.1. The Bertz CT molecular complexity index is 1160. The molecule has 0 amide bonds. The Labute approximate surface area is 179 Å². The third kappa shape index (κ3) is 4.40. The molecule has 0 spiro atoms. The number of ketones is 1. The fraction of sp³-hybridized carbons (Fsp3) is 0.125. The van der Waals surface area contributed by atoms with E-state index >= 15 is 0 Å². The molecule has 7 nitrogen and oxygen atoms in total. The number of Topliss-reactive ketones (excluding diaryl/α,β-unsaturated/α-hetero) is 1. The molecule has 0 radical (unpaired) electrons. The van der Waals surface area contributed by atoms with Crippen LogP contribution in [0.25, 0.3) is 11.1 Å². The van der Waals surface area contributed by atoms with E-state index in [1.807, 2.05) is 30.3 Å². The van der Waals surface area contributed by atoms with Crippen molar-refractivity contribution >= 4 is 11.5 Å². The van der Waals surface area contributed by atoms with Crippen LogP contribution in [0.3, 0.4) is 0 Å². The Hall–Kier alpha value is -4.13. The van der Waals surface area contributed by atoms with E-state index < -0.39 is 6.04 Å². The number of pyridine rings is 2. The van der Waals surface area contributed by atoms with Crippen LogP contribution in [0.4, 0.5) is 5.69 Å². The summed E-state index contributed by atoms with van der Waals surface area (Å²) in [5.74, 6) is 1.06. The predicted octanol–water partition coefficient (Wildman–Crippen LogP) is 4.79. The van der Waals surface area contributed by atoms with Crippen LogP contribution in [0.1, 0.15) is 22.2 Å². The van der Waals surface area contributed by atoms with Crippen LogP contribution >= 0.6 is 0 Å². The van der Waals surface area contributed by atoms with Gasteiger partial charge in [0.05, 0.1) is 38.6 Å². The van der Waals surface area contributed by atoms with Gasteiger partial charge in [0.25, 0.3) is 0 Å². The summed E-state index contributed by atoms with van der Waals surface area (Å²) in [6, 6.07) is 15.9. The highest BCUT2D eigenvalue weighted by Gasteiger charge is 2.28. The molecule has 1 aromatic carbocycles. The van der Waals surface area contributed by atoms with Gasteiger partial charge in [-0.1, -0.05) is 30.3 Å². The first-order valence-corrected chi connectivity index (χ1v) is 9.62. The lowest BCUT2D eigenvalue weighted by molar-refractivity contribution is 0.0943. The van der Waals surface area contributed by atoms with Gasteiger partial charge in [0.2, 0.25) is 11.7 Å². The summed E-state index contributed by atoms with van der Waals surface area (Å²) in [6.45, 7) is 0. The molecular formula is C24H21N3O4. The van der Waals surface area contributed by atoms with E-state index in [9.17, 15) is 4.79 Å². The van der Waals surface area contributed by atoms with Crippen molar-refractivity contribution in [1.29, 1.82) is 0 Å². The minimum absolute atomic E-state index is 0.237. The Balaban J connectivity index is 1.73. The summed E-state index contributed by atoms with van der Waals surface area (Å²) in [5.41, 5.74) is 2.90. The first-order chi connectivity index (χ1) is 15.2. The largest absolute Gasteiger partial charge is 0.495 e. The molecule has 0 aliphatic heterocycles. The second kappa shape index (κ2) is 9.13. The van der Waals surface area contributed by atoms with Gasteiger partial charge in [0.1, 0.15) is 11.8 Å². The van der Waals surface area contributed by atoms with Gasteiger partial charge in [-0.3, -0.25) is 9.78 Å². The summed E-state index contributed by atoms with van der Waals surface area (Å²) in [5, 5.41) is 3.24. The van der Waals surface area contributed by atoms with Crippen LogP contribution in [0.5, 0.6) is 11.6 Å². The number of nitrogens with zero attached hydrogens (tertiary/aromatic N) is 2. The van der Waals surface area contributed by atoms with Gasteiger partial charge in [0.15, 0.2) is 5.76 Å². The molecule has 0 saturated carbocycles. The van der Waals surface area contributed by atoms with Gasteiger partial charge in [0, 0.05) is 29.5 Å². The second-order valence-corrected chi connectivity index (χ2v) is 6.72. The number of anilines is 1. The molecule has 31 heavy (non-hydrogen) atoms. The molecule has 0 bridgehead atoms. The topological polar surface area (TPSA) is 86.5 Å². The molecule has 7 heteroatoms. The molecule has 4 aromatic rings. The van der Waals surface area contributed by atoms with Crippen LogP contribution in [-0.4, -0.2) is 30.0 Å². The number of hydrogen-bond donors (Lipinski definition) is 1. The second-order valence-electron chi connectivity index (χ2n) is 6.72. The molecule has 3 aromatic heterocycles. The molecule has 0 fully saturated rings. The van der Waals surface area contributed by atoms with Crippen molar-refractivity contribution in [3.63, 3.8) is 0 Å². The Morgan fingerprint density at radius 2 is 1.84 bits per heavy atom. The summed E-state index contributed by atoms with van der Waals surface area (Å²) in [7, 11) is 3.10. The standard InChI is InChI=1S/C24H21N3O4/c1-29-19-12-18(14-25-15-19)27-22(17-8-9-21(30-2)26-13-17)23(28)24-20(10-11-31-24)16-6-4-3-5-7-16/h3-15,22,27H,1-2H3.